The van der Waals surface area contributed by atoms with Crippen LogP contribution in [-0.2, 0) is 4.74 Å². The van der Waals surface area contributed by atoms with Crippen LogP contribution in [0.1, 0.15) is 37.8 Å². The summed E-state index contributed by atoms with van der Waals surface area (Å²) in [5, 5.41) is 16.1. The topological polar surface area (TPSA) is 85.7 Å². The van der Waals surface area contributed by atoms with Crippen LogP contribution < -0.4 is 5.48 Å². The van der Waals surface area contributed by atoms with Gasteiger partial charge in [0.1, 0.15) is 11.4 Å². The number of nitrogens with one attached hydrogen (secondary N) is 2. The molecule has 1 aromatic rings. The Bertz CT molecular complexity index is 528. The molecule has 1 heterocycles. The Hall–Kier alpha value is -2.08. The van der Waals surface area contributed by atoms with E-state index in [0.29, 0.717) is 24.6 Å². The number of rotatable bonds is 2. The first kappa shape index (κ1) is 15.3. The highest BCUT2D eigenvalue weighted by Crippen LogP contribution is 2.28. The van der Waals surface area contributed by atoms with E-state index in [-0.39, 0.29) is 11.9 Å². The maximum absolute atomic E-state index is 11.8. The molecule has 0 aromatic heterocycles. The third kappa shape index (κ3) is 3.72. The van der Waals surface area contributed by atoms with Gasteiger partial charge in [0.25, 0.3) is 0 Å². The van der Waals surface area contributed by atoms with Gasteiger partial charge in [-0.2, -0.15) is 0 Å². The standard InChI is InChI=1S/C15H21N3O3/c1-15(2,3)21-14(19)18-8-12(9-18)10-4-6-11(7-5-10)13(16)17-20/h4-7,12,20H,8-9H2,1-3H3,(H2,16,17). The molecule has 0 radical (unpaired) electrons. The van der Waals surface area contributed by atoms with Gasteiger partial charge in [-0.15, -0.1) is 0 Å². The molecule has 3 N–H and O–H groups in total. The lowest BCUT2D eigenvalue weighted by Crippen LogP contribution is -2.50. The fourth-order valence-electron chi connectivity index (χ4n) is 2.15. The number of hydrogen-bond acceptors (Lipinski definition) is 4. The predicted molar refractivity (Wildman–Crippen MR) is 78.7 cm³/mol. The predicted octanol–water partition coefficient (Wildman–Crippen LogP) is 2.33. The highest BCUT2D eigenvalue weighted by atomic mass is 16.6. The van der Waals surface area contributed by atoms with Crippen molar-refractivity contribution < 1.29 is 14.7 Å². The Morgan fingerprint density at radius 1 is 1.33 bits per heavy atom. The lowest BCUT2D eigenvalue weighted by Gasteiger charge is -2.40. The largest absolute Gasteiger partial charge is 0.444 e. The number of carbonyl (C=O) groups is 1. The van der Waals surface area contributed by atoms with Crippen molar-refractivity contribution in [3.8, 4) is 0 Å². The summed E-state index contributed by atoms with van der Waals surface area (Å²) in [4.78, 5) is 13.5. The van der Waals surface area contributed by atoms with Crippen LogP contribution in [0.15, 0.2) is 24.3 Å². The van der Waals surface area contributed by atoms with E-state index in [1.807, 2.05) is 38.4 Å². The summed E-state index contributed by atoms with van der Waals surface area (Å²) in [6.07, 6.45) is -0.276. The second-order valence-electron chi connectivity index (χ2n) is 6.19. The van der Waals surface area contributed by atoms with Crippen LogP contribution in [0.2, 0.25) is 0 Å². The van der Waals surface area contributed by atoms with Gasteiger partial charge in [-0.3, -0.25) is 16.1 Å². The molecule has 21 heavy (non-hydrogen) atoms. The van der Waals surface area contributed by atoms with Crippen LogP contribution in [-0.4, -0.2) is 40.7 Å². The average molecular weight is 291 g/mol. The van der Waals surface area contributed by atoms with Crippen LogP contribution in [0.3, 0.4) is 0 Å². The van der Waals surface area contributed by atoms with E-state index in [4.69, 9.17) is 15.4 Å². The molecule has 0 saturated carbocycles. The first-order valence-corrected chi connectivity index (χ1v) is 6.87. The first-order valence-electron chi connectivity index (χ1n) is 6.87. The molecule has 0 atom stereocenters. The van der Waals surface area contributed by atoms with E-state index in [9.17, 15) is 4.79 Å². The Balaban J connectivity index is 1.90. The fraction of sp³-hybridized carbons (Fsp3) is 0.467. The number of nitrogens with zero attached hydrogens (tertiary/aromatic N) is 1. The molecule has 0 aliphatic carbocycles. The van der Waals surface area contributed by atoms with Gasteiger partial charge >= 0.3 is 6.09 Å². The molecule has 2 rings (SSSR count). The smallest absolute Gasteiger partial charge is 0.410 e. The van der Waals surface area contributed by atoms with Crippen LogP contribution in [0.25, 0.3) is 0 Å². The molecule has 1 amide bonds. The summed E-state index contributed by atoms with van der Waals surface area (Å²) in [6, 6.07) is 7.38. The quantitative estimate of drug-likeness (QED) is 0.443. The number of carbonyl (C=O) groups excluding carboxylic acids is 1. The van der Waals surface area contributed by atoms with Crippen molar-refractivity contribution in [2.24, 2.45) is 0 Å². The Kier molecular flexibility index (Phi) is 4.18. The van der Waals surface area contributed by atoms with Gasteiger partial charge in [-0.05, 0) is 26.3 Å². The molecule has 114 valence electrons. The number of amides is 1. The van der Waals surface area contributed by atoms with Crippen LogP contribution in [0.4, 0.5) is 4.79 Å². The van der Waals surface area contributed by atoms with Crippen LogP contribution >= 0.6 is 0 Å². The Morgan fingerprint density at radius 3 is 2.38 bits per heavy atom. The fourth-order valence-corrected chi connectivity index (χ4v) is 2.15. The molecule has 6 nitrogen and oxygen atoms in total. The van der Waals surface area contributed by atoms with Gasteiger partial charge in [-0.1, -0.05) is 24.3 Å². The maximum atomic E-state index is 11.8. The van der Waals surface area contributed by atoms with Crippen molar-refractivity contribution in [2.45, 2.75) is 32.3 Å². The zero-order valence-electron chi connectivity index (χ0n) is 12.5. The molecule has 1 aliphatic heterocycles. The summed E-state index contributed by atoms with van der Waals surface area (Å²) in [5.74, 6) is 0.258. The molecule has 1 aromatic carbocycles. The van der Waals surface area contributed by atoms with E-state index < -0.39 is 5.60 Å². The van der Waals surface area contributed by atoms with Crippen molar-refractivity contribution in [3.63, 3.8) is 0 Å². The molecule has 1 saturated heterocycles. The molecule has 0 unspecified atom stereocenters. The van der Waals surface area contributed by atoms with E-state index in [2.05, 4.69) is 0 Å². The van der Waals surface area contributed by atoms with E-state index >= 15 is 0 Å². The van der Waals surface area contributed by atoms with E-state index in [0.717, 1.165) is 5.56 Å². The number of hydroxylamine groups is 1. The summed E-state index contributed by atoms with van der Waals surface area (Å²) >= 11 is 0. The highest BCUT2D eigenvalue weighted by molar-refractivity contribution is 5.95. The van der Waals surface area contributed by atoms with Gasteiger partial charge in [0, 0.05) is 24.6 Å². The monoisotopic (exact) mass is 291 g/mol. The second kappa shape index (κ2) is 5.73. The molecular formula is C15H21N3O3. The lowest BCUT2D eigenvalue weighted by molar-refractivity contribution is 0.00819. The number of benzene rings is 1. The summed E-state index contributed by atoms with van der Waals surface area (Å²) in [6.45, 7) is 6.84. The third-order valence-electron chi connectivity index (χ3n) is 3.32. The summed E-state index contributed by atoms with van der Waals surface area (Å²) < 4.78 is 5.31. The maximum Gasteiger partial charge on any atom is 0.410 e. The summed E-state index contributed by atoms with van der Waals surface area (Å²) in [5.41, 5.74) is 3.08. The molecule has 6 heteroatoms. The lowest BCUT2D eigenvalue weighted by atomic mass is 9.91. The Labute approximate surface area is 124 Å². The molecular weight excluding hydrogens is 270 g/mol. The highest BCUT2D eigenvalue weighted by Gasteiger charge is 2.34. The normalized spacial score (nSPS) is 15.3. The van der Waals surface area contributed by atoms with Crippen LogP contribution in [0, 0.1) is 5.41 Å². The second-order valence-corrected chi connectivity index (χ2v) is 6.19. The zero-order chi connectivity index (χ0) is 15.6. The summed E-state index contributed by atoms with van der Waals surface area (Å²) in [7, 11) is 0. The zero-order valence-corrected chi connectivity index (χ0v) is 12.5. The van der Waals surface area contributed by atoms with Gasteiger partial charge in [0.05, 0.1) is 0 Å². The molecule has 1 fully saturated rings. The molecule has 0 spiro atoms. The average Bonchev–Trinajstić information content (AvgIpc) is 2.34. The number of likely N-dealkylation sites (tertiary alicyclic amines) is 1. The minimum atomic E-state index is -0.471. The van der Waals surface area contributed by atoms with E-state index in [1.165, 1.54) is 0 Å². The first-order chi connectivity index (χ1) is 9.80. The van der Waals surface area contributed by atoms with Crippen molar-refractivity contribution in [2.75, 3.05) is 13.1 Å². The number of ether oxygens (including phenoxy) is 1. The number of hydrogen-bond donors (Lipinski definition) is 3. The van der Waals surface area contributed by atoms with Gasteiger partial charge in [0.2, 0.25) is 0 Å². The van der Waals surface area contributed by atoms with Crippen molar-refractivity contribution in [1.82, 2.24) is 10.4 Å². The third-order valence-corrected chi connectivity index (χ3v) is 3.32. The van der Waals surface area contributed by atoms with E-state index in [1.54, 1.807) is 17.0 Å². The van der Waals surface area contributed by atoms with Crippen molar-refractivity contribution in [3.05, 3.63) is 35.4 Å². The van der Waals surface area contributed by atoms with Gasteiger partial charge < -0.3 is 9.64 Å². The number of amidine groups is 1. The van der Waals surface area contributed by atoms with Crippen molar-refractivity contribution >= 4 is 11.9 Å². The van der Waals surface area contributed by atoms with Crippen molar-refractivity contribution in [1.29, 1.82) is 5.41 Å². The van der Waals surface area contributed by atoms with Crippen LogP contribution in [0.5, 0.6) is 0 Å². The Morgan fingerprint density at radius 2 is 1.90 bits per heavy atom. The molecule has 0 bridgehead atoms. The van der Waals surface area contributed by atoms with Gasteiger partial charge in [-0.25, -0.2) is 4.79 Å². The SMILES string of the molecule is CC(C)(C)OC(=O)N1CC(c2ccc(C(=N)NO)cc2)C1. The molecule has 1 aliphatic rings. The van der Waals surface area contributed by atoms with Gasteiger partial charge in [0.15, 0.2) is 0 Å². The minimum Gasteiger partial charge on any atom is -0.444 e. The minimum absolute atomic E-state index is 0.0365.